The van der Waals surface area contributed by atoms with Crippen molar-refractivity contribution in [2.75, 3.05) is 0 Å². The van der Waals surface area contributed by atoms with Gasteiger partial charge >= 0.3 is 5.97 Å². The van der Waals surface area contributed by atoms with Gasteiger partial charge in [0.05, 0.1) is 0 Å². The minimum absolute atomic E-state index is 0.204. The van der Waals surface area contributed by atoms with Gasteiger partial charge in [0, 0.05) is 11.4 Å². The topological polar surface area (TPSA) is 26.3 Å². The Morgan fingerprint density at radius 3 is 2.35 bits per heavy atom. The highest BCUT2D eigenvalue weighted by Gasteiger charge is 2.69. The third-order valence-corrected chi connectivity index (χ3v) is 4.34. The van der Waals surface area contributed by atoms with Crippen molar-refractivity contribution in [3.63, 3.8) is 0 Å². The zero-order valence-corrected chi connectivity index (χ0v) is 11.4. The molecule has 1 aromatic carbocycles. The Bertz CT molecular complexity index is 442. The molecule has 0 heterocycles. The van der Waals surface area contributed by atoms with Crippen LogP contribution in [-0.4, -0.2) is 10.3 Å². The van der Waals surface area contributed by atoms with Gasteiger partial charge in [-0.15, -0.1) is 23.2 Å². The zero-order chi connectivity index (χ0) is 12.7. The Labute approximate surface area is 115 Å². The molecule has 1 aliphatic rings. The van der Waals surface area contributed by atoms with Gasteiger partial charge < -0.3 is 4.74 Å². The molecule has 1 aliphatic carbocycles. The largest absolute Gasteiger partial charge is 0.460 e. The molecule has 1 fully saturated rings. The van der Waals surface area contributed by atoms with E-state index in [4.69, 9.17) is 39.5 Å². The number of esters is 1. The summed E-state index contributed by atoms with van der Waals surface area (Å²) in [7, 11) is 0. The molecular formula is C12H11Cl3O2. The number of hydrogen-bond acceptors (Lipinski definition) is 2. The van der Waals surface area contributed by atoms with Crippen molar-refractivity contribution in [1.29, 1.82) is 0 Å². The van der Waals surface area contributed by atoms with Crippen LogP contribution in [0.15, 0.2) is 24.3 Å². The van der Waals surface area contributed by atoms with Crippen LogP contribution in [0.4, 0.5) is 0 Å². The van der Waals surface area contributed by atoms with Crippen molar-refractivity contribution in [3.8, 4) is 0 Å². The first-order chi connectivity index (χ1) is 7.85. The van der Waals surface area contributed by atoms with E-state index in [2.05, 4.69) is 0 Å². The molecule has 17 heavy (non-hydrogen) atoms. The molecule has 0 saturated heterocycles. The van der Waals surface area contributed by atoms with Crippen molar-refractivity contribution < 1.29 is 9.53 Å². The summed E-state index contributed by atoms with van der Waals surface area (Å²) in [5, 5.41) is 0.648. The summed E-state index contributed by atoms with van der Waals surface area (Å²) in [5.74, 6) is -0.363. The lowest BCUT2D eigenvalue weighted by molar-refractivity contribution is -0.150. The van der Waals surface area contributed by atoms with Crippen LogP contribution in [0.5, 0.6) is 0 Å². The quantitative estimate of drug-likeness (QED) is 0.623. The Balaban J connectivity index is 1.91. The lowest BCUT2D eigenvalue weighted by Gasteiger charge is -2.11. The summed E-state index contributed by atoms with van der Waals surface area (Å²) in [6.07, 6.45) is 0.433. The van der Waals surface area contributed by atoms with Crippen molar-refractivity contribution in [3.05, 3.63) is 34.9 Å². The number of halogens is 3. The molecular weight excluding hydrogens is 282 g/mol. The summed E-state index contributed by atoms with van der Waals surface area (Å²) in [5.41, 5.74) is 0.101. The molecule has 0 N–H and O–H groups in total. The average molecular weight is 294 g/mol. The fourth-order valence-corrected chi connectivity index (χ4v) is 2.32. The van der Waals surface area contributed by atoms with Crippen LogP contribution in [0.1, 0.15) is 18.9 Å². The first kappa shape index (κ1) is 13.0. The number of rotatable bonds is 3. The Kier molecular flexibility index (Phi) is 3.32. The van der Waals surface area contributed by atoms with Gasteiger partial charge in [-0.2, -0.15) is 0 Å². The van der Waals surface area contributed by atoms with E-state index >= 15 is 0 Å². The maximum atomic E-state index is 11.8. The zero-order valence-electron chi connectivity index (χ0n) is 9.17. The summed E-state index contributed by atoms with van der Waals surface area (Å²) < 4.78 is 4.20. The van der Waals surface area contributed by atoms with E-state index in [1.165, 1.54) is 0 Å². The number of benzene rings is 1. The molecule has 1 aromatic rings. The van der Waals surface area contributed by atoms with Gasteiger partial charge in [-0.25, -0.2) is 0 Å². The van der Waals surface area contributed by atoms with Gasteiger partial charge in [0.15, 0.2) is 0 Å². The summed E-state index contributed by atoms with van der Waals surface area (Å²) in [4.78, 5) is 11.8. The molecule has 2 nitrogen and oxygen atoms in total. The molecule has 1 atom stereocenters. The molecule has 1 unspecified atom stereocenters. The van der Waals surface area contributed by atoms with E-state index in [-0.39, 0.29) is 12.6 Å². The molecule has 0 spiro atoms. The molecule has 92 valence electrons. The van der Waals surface area contributed by atoms with Crippen molar-refractivity contribution in [1.82, 2.24) is 0 Å². The van der Waals surface area contributed by atoms with Gasteiger partial charge in [0.1, 0.15) is 16.4 Å². The predicted octanol–water partition coefficient (Wildman–Crippen LogP) is 3.97. The lowest BCUT2D eigenvalue weighted by Crippen LogP contribution is -2.21. The molecule has 1 saturated carbocycles. The predicted molar refractivity (Wildman–Crippen MR) is 68.4 cm³/mol. The van der Waals surface area contributed by atoms with Crippen LogP contribution in [0, 0.1) is 5.41 Å². The van der Waals surface area contributed by atoms with Crippen LogP contribution in [0.3, 0.4) is 0 Å². The minimum atomic E-state index is -0.982. The second-order valence-electron chi connectivity index (χ2n) is 4.42. The maximum absolute atomic E-state index is 11.8. The standard InChI is InChI=1S/C12H11Cl3O2/c1-11(7-12(11,14)15)10(16)17-6-8-2-4-9(13)5-3-8/h2-5H,6-7H2,1H3. The fraction of sp³-hybridized carbons (Fsp3) is 0.417. The third-order valence-electron chi connectivity index (χ3n) is 2.99. The van der Waals surface area contributed by atoms with Crippen LogP contribution in [-0.2, 0) is 16.1 Å². The Morgan fingerprint density at radius 2 is 1.88 bits per heavy atom. The van der Waals surface area contributed by atoms with E-state index in [0.717, 1.165) is 5.56 Å². The van der Waals surface area contributed by atoms with E-state index in [0.29, 0.717) is 11.4 Å². The minimum Gasteiger partial charge on any atom is -0.460 e. The molecule has 0 aliphatic heterocycles. The van der Waals surface area contributed by atoms with Crippen molar-refractivity contribution >= 4 is 40.8 Å². The molecule has 5 heteroatoms. The fourth-order valence-electron chi connectivity index (χ4n) is 1.51. The van der Waals surface area contributed by atoms with Crippen molar-refractivity contribution in [2.24, 2.45) is 5.41 Å². The number of carbonyl (C=O) groups is 1. The normalized spacial score (nSPS) is 25.4. The lowest BCUT2D eigenvalue weighted by atomic mass is 10.1. The van der Waals surface area contributed by atoms with Gasteiger partial charge in [0.25, 0.3) is 0 Å². The number of ether oxygens (including phenoxy) is 1. The van der Waals surface area contributed by atoms with Crippen LogP contribution < -0.4 is 0 Å². The smallest absolute Gasteiger partial charge is 0.315 e. The Hall–Kier alpha value is -0.440. The van der Waals surface area contributed by atoms with Crippen molar-refractivity contribution in [2.45, 2.75) is 24.3 Å². The second-order valence-corrected chi connectivity index (χ2v) is 6.34. The second kappa shape index (κ2) is 4.34. The van der Waals surface area contributed by atoms with E-state index in [1.54, 1.807) is 31.2 Å². The van der Waals surface area contributed by atoms with E-state index < -0.39 is 9.75 Å². The molecule has 2 rings (SSSR count). The first-order valence-electron chi connectivity index (χ1n) is 5.15. The summed E-state index contributed by atoms with van der Waals surface area (Å²) in [6.45, 7) is 1.91. The maximum Gasteiger partial charge on any atom is 0.315 e. The molecule has 0 aromatic heterocycles. The van der Waals surface area contributed by atoms with Crippen LogP contribution >= 0.6 is 34.8 Å². The molecule has 0 bridgehead atoms. The third kappa shape index (κ3) is 2.54. The van der Waals surface area contributed by atoms with Crippen LogP contribution in [0.2, 0.25) is 5.02 Å². The SMILES string of the molecule is CC1(C(=O)OCc2ccc(Cl)cc2)CC1(Cl)Cl. The molecule has 0 amide bonds. The monoisotopic (exact) mass is 292 g/mol. The highest BCUT2D eigenvalue weighted by molar-refractivity contribution is 6.53. The Morgan fingerprint density at radius 1 is 1.35 bits per heavy atom. The number of hydrogen-bond donors (Lipinski definition) is 0. The van der Waals surface area contributed by atoms with Gasteiger partial charge in [0.2, 0.25) is 0 Å². The van der Waals surface area contributed by atoms with Gasteiger partial charge in [-0.05, 0) is 24.6 Å². The highest BCUT2D eigenvalue weighted by Crippen LogP contribution is 2.64. The number of carbonyl (C=O) groups excluding carboxylic acids is 1. The van der Waals surface area contributed by atoms with Gasteiger partial charge in [-0.1, -0.05) is 23.7 Å². The first-order valence-corrected chi connectivity index (χ1v) is 6.28. The summed E-state index contributed by atoms with van der Waals surface area (Å²) in [6, 6.07) is 7.10. The van der Waals surface area contributed by atoms with E-state index in [9.17, 15) is 4.79 Å². The van der Waals surface area contributed by atoms with E-state index in [1.807, 2.05) is 0 Å². The highest BCUT2D eigenvalue weighted by atomic mass is 35.5. The average Bonchev–Trinajstić information content (AvgIpc) is 2.78. The number of alkyl halides is 2. The van der Waals surface area contributed by atoms with Crippen LogP contribution in [0.25, 0.3) is 0 Å². The summed E-state index contributed by atoms with van der Waals surface area (Å²) >= 11 is 17.5. The van der Waals surface area contributed by atoms with Gasteiger partial charge in [-0.3, -0.25) is 4.79 Å². The molecule has 0 radical (unpaired) electrons.